The smallest absolute Gasteiger partial charge is 0.410 e. The van der Waals surface area contributed by atoms with Crippen LogP contribution < -0.4 is 4.90 Å². The molecule has 256 valence electrons. The molecule has 0 unspecified atom stereocenters. The molecular formula is C36H42Cl2N4O5S. The van der Waals surface area contributed by atoms with E-state index >= 15 is 0 Å². The first kappa shape index (κ1) is 35.7. The summed E-state index contributed by atoms with van der Waals surface area (Å²) in [6.07, 6.45) is 0.723. The molecule has 2 aliphatic rings. The molecule has 48 heavy (non-hydrogen) atoms. The summed E-state index contributed by atoms with van der Waals surface area (Å²) in [4.78, 5) is 33.0. The number of ether oxygens (including phenoxy) is 1. The first-order valence-corrected chi connectivity index (χ1v) is 18.5. The van der Waals surface area contributed by atoms with Gasteiger partial charge in [0.1, 0.15) is 12.1 Å². The van der Waals surface area contributed by atoms with Crippen LogP contribution in [0.2, 0.25) is 10.0 Å². The molecule has 2 fully saturated rings. The maximum Gasteiger partial charge on any atom is 0.410 e. The highest BCUT2D eigenvalue weighted by molar-refractivity contribution is 8.00. The van der Waals surface area contributed by atoms with Gasteiger partial charge in [-0.2, -0.15) is 0 Å². The number of amides is 2. The van der Waals surface area contributed by atoms with Crippen LogP contribution in [0.5, 0.6) is 0 Å². The third kappa shape index (κ3) is 8.71. The zero-order valence-corrected chi connectivity index (χ0v) is 30.3. The van der Waals surface area contributed by atoms with E-state index in [2.05, 4.69) is 9.80 Å². The lowest BCUT2D eigenvalue weighted by molar-refractivity contribution is -0.132. The van der Waals surface area contributed by atoms with Crippen molar-refractivity contribution in [2.75, 3.05) is 64.0 Å². The minimum atomic E-state index is -3.56. The van der Waals surface area contributed by atoms with Gasteiger partial charge in [-0.1, -0.05) is 59.6 Å². The van der Waals surface area contributed by atoms with Gasteiger partial charge in [0, 0.05) is 68.3 Å². The number of piperazine rings is 1. The van der Waals surface area contributed by atoms with Gasteiger partial charge in [-0.25, -0.2) is 13.2 Å². The van der Waals surface area contributed by atoms with Gasteiger partial charge < -0.3 is 19.4 Å². The number of carbonyl (C=O) groups excluding carboxylic acids is 2. The molecule has 9 nitrogen and oxygen atoms in total. The molecule has 0 radical (unpaired) electrons. The molecule has 12 heteroatoms. The van der Waals surface area contributed by atoms with E-state index in [9.17, 15) is 18.0 Å². The van der Waals surface area contributed by atoms with Gasteiger partial charge >= 0.3 is 6.09 Å². The van der Waals surface area contributed by atoms with Crippen molar-refractivity contribution >= 4 is 55.6 Å². The molecule has 2 saturated heterocycles. The topological polar surface area (TPSA) is 90.5 Å². The summed E-state index contributed by atoms with van der Waals surface area (Å²) in [7, 11) is -2.01. The Bertz CT molecular complexity index is 1730. The van der Waals surface area contributed by atoms with E-state index in [1.165, 1.54) is 11.2 Å². The predicted octanol–water partition coefficient (Wildman–Crippen LogP) is 6.37. The number of nitrogens with zero attached hydrogens (tertiary/aromatic N) is 4. The Balaban J connectivity index is 1.30. The zero-order valence-electron chi connectivity index (χ0n) is 27.9. The number of anilines is 1. The maximum absolute atomic E-state index is 13.3. The fraction of sp³-hybridized carbons (Fsp3) is 0.389. The number of halogens is 2. The molecule has 5 rings (SSSR count). The molecule has 2 heterocycles. The Hall–Kier alpha value is -3.57. The number of likely N-dealkylation sites (N-methyl/N-ethyl adjacent to an activating group) is 1. The van der Waals surface area contributed by atoms with E-state index in [4.69, 9.17) is 27.9 Å². The summed E-state index contributed by atoms with van der Waals surface area (Å²) >= 11 is 12.4. The van der Waals surface area contributed by atoms with Gasteiger partial charge in [-0.05, 0) is 79.4 Å². The van der Waals surface area contributed by atoms with E-state index in [-0.39, 0.29) is 18.5 Å². The van der Waals surface area contributed by atoms with Crippen LogP contribution in [0.15, 0.2) is 78.4 Å². The number of hydrogen-bond acceptors (Lipinski definition) is 7. The van der Waals surface area contributed by atoms with Crippen LogP contribution in [0.1, 0.15) is 43.5 Å². The largest absolute Gasteiger partial charge is 0.444 e. The van der Waals surface area contributed by atoms with Crippen LogP contribution in [-0.4, -0.2) is 99.8 Å². The lowest BCUT2D eigenvalue weighted by atomic mass is 9.92. The minimum absolute atomic E-state index is 0.0659. The van der Waals surface area contributed by atoms with Crippen molar-refractivity contribution in [1.29, 1.82) is 0 Å². The average molecular weight is 714 g/mol. The molecule has 0 N–H and O–H groups in total. The van der Waals surface area contributed by atoms with Crippen LogP contribution in [0.4, 0.5) is 10.5 Å². The summed E-state index contributed by atoms with van der Waals surface area (Å²) < 4.78 is 31.9. The van der Waals surface area contributed by atoms with Crippen LogP contribution in [0, 0.1) is 0 Å². The number of sulfone groups is 1. The first-order chi connectivity index (χ1) is 22.6. The summed E-state index contributed by atoms with van der Waals surface area (Å²) in [6.45, 7) is 8.38. The highest BCUT2D eigenvalue weighted by atomic mass is 35.5. The minimum Gasteiger partial charge on any atom is -0.444 e. The summed E-state index contributed by atoms with van der Waals surface area (Å²) in [5.41, 5.74) is 3.86. The fourth-order valence-electron chi connectivity index (χ4n) is 6.12. The molecule has 2 amide bonds. The van der Waals surface area contributed by atoms with Gasteiger partial charge in [0.05, 0.1) is 10.9 Å². The predicted molar refractivity (Wildman–Crippen MR) is 192 cm³/mol. The van der Waals surface area contributed by atoms with Gasteiger partial charge in [-0.15, -0.1) is 0 Å². The van der Waals surface area contributed by atoms with Crippen LogP contribution in [0.3, 0.4) is 0 Å². The molecule has 3 aromatic carbocycles. The third-order valence-corrected chi connectivity index (χ3v) is 10.2. The van der Waals surface area contributed by atoms with Crippen molar-refractivity contribution in [1.82, 2.24) is 14.7 Å². The Morgan fingerprint density at radius 1 is 0.875 bits per heavy atom. The SMILES string of the molecule is CN(CC(=O)N1CCN(c2cccc(C(=C3CN(C(c4ccc(Cl)cc4)c4ccc(Cl)cc4)C3)S(C)(=O)=O)c2)CC1)C(=O)OC(C)(C)C. The molecule has 0 saturated carbocycles. The second kappa shape index (κ2) is 14.5. The Morgan fingerprint density at radius 2 is 1.42 bits per heavy atom. The van der Waals surface area contributed by atoms with Gasteiger partial charge in [0.2, 0.25) is 5.91 Å². The molecule has 0 aromatic heterocycles. The van der Waals surface area contributed by atoms with E-state index < -0.39 is 21.5 Å². The molecule has 0 atom stereocenters. The van der Waals surface area contributed by atoms with Gasteiger partial charge in [-0.3, -0.25) is 9.69 Å². The monoisotopic (exact) mass is 712 g/mol. The molecular weight excluding hydrogens is 671 g/mol. The number of hydrogen-bond donors (Lipinski definition) is 0. The second-order valence-corrected chi connectivity index (χ2v) is 16.2. The summed E-state index contributed by atoms with van der Waals surface area (Å²) in [6, 6.07) is 23.0. The van der Waals surface area contributed by atoms with E-state index in [0.717, 1.165) is 22.4 Å². The zero-order chi connectivity index (χ0) is 34.8. The Labute approximate surface area is 293 Å². The quantitative estimate of drug-likeness (QED) is 0.268. The summed E-state index contributed by atoms with van der Waals surface area (Å²) in [5, 5.41) is 1.30. The van der Waals surface area contributed by atoms with Crippen molar-refractivity contribution in [2.45, 2.75) is 32.4 Å². The molecule has 0 bridgehead atoms. The standard InChI is InChI=1S/C36H42Cl2N4O5S/c1-36(2,3)47-35(44)39(4)24-32(43)41-19-17-40(18-20-41)31-8-6-7-27(21-31)34(48(5,45)46)28-22-42(23-28)33(25-9-13-29(37)14-10-25)26-11-15-30(38)16-12-26/h6-16,21,33H,17-20,22-24H2,1-5H3. The highest BCUT2D eigenvalue weighted by Gasteiger charge is 2.35. The number of carbonyl (C=O) groups is 2. The lowest BCUT2D eigenvalue weighted by Crippen LogP contribution is -2.51. The third-order valence-electron chi connectivity index (χ3n) is 8.40. The van der Waals surface area contributed by atoms with Gasteiger partial charge in [0.15, 0.2) is 9.84 Å². The van der Waals surface area contributed by atoms with E-state index in [1.807, 2.05) is 72.8 Å². The van der Waals surface area contributed by atoms with Crippen LogP contribution in [-0.2, 0) is 19.4 Å². The first-order valence-electron chi connectivity index (χ1n) is 15.8. The van der Waals surface area contributed by atoms with E-state index in [0.29, 0.717) is 59.8 Å². The van der Waals surface area contributed by atoms with Crippen molar-refractivity contribution in [3.63, 3.8) is 0 Å². The Morgan fingerprint density at radius 3 is 1.92 bits per heavy atom. The van der Waals surface area contributed by atoms with Crippen molar-refractivity contribution in [2.24, 2.45) is 0 Å². The lowest BCUT2D eigenvalue weighted by Gasteiger charge is -2.42. The fourth-order valence-corrected chi connectivity index (χ4v) is 7.58. The number of benzene rings is 3. The maximum atomic E-state index is 13.3. The molecule has 3 aromatic rings. The summed E-state index contributed by atoms with van der Waals surface area (Å²) in [5.74, 6) is -0.147. The Kier molecular flexibility index (Phi) is 10.8. The highest BCUT2D eigenvalue weighted by Crippen LogP contribution is 2.39. The number of rotatable bonds is 8. The molecule has 0 spiro atoms. The van der Waals surface area contributed by atoms with Crippen LogP contribution in [0.25, 0.3) is 4.91 Å². The van der Waals surface area contributed by atoms with E-state index in [1.54, 1.807) is 32.7 Å². The number of likely N-dealkylation sites (tertiary alicyclic amines) is 1. The van der Waals surface area contributed by atoms with Crippen molar-refractivity contribution in [3.05, 3.63) is 105 Å². The second-order valence-electron chi connectivity index (χ2n) is 13.4. The average Bonchev–Trinajstić information content (AvgIpc) is 3.00. The van der Waals surface area contributed by atoms with Crippen molar-refractivity contribution < 1.29 is 22.7 Å². The van der Waals surface area contributed by atoms with Crippen LogP contribution >= 0.6 is 23.2 Å². The molecule has 2 aliphatic heterocycles. The normalized spacial score (nSPS) is 15.7. The molecule has 0 aliphatic carbocycles. The van der Waals surface area contributed by atoms with Gasteiger partial charge in [0.25, 0.3) is 0 Å². The van der Waals surface area contributed by atoms with Crippen molar-refractivity contribution in [3.8, 4) is 0 Å².